The largest absolute Gasteiger partial charge is 1.00 e. The number of hydrogen-bond acceptors (Lipinski definition) is 1. The van der Waals surface area contributed by atoms with Gasteiger partial charge in [0.05, 0.1) is 81.6 Å². The molecule has 458 valence electrons. The molecule has 0 atom stereocenters. The average molecular weight is 1150 g/mol. The predicted molar refractivity (Wildman–Crippen MR) is 335 cm³/mol. The Morgan fingerprint density at radius 1 is 0.253 bits per heavy atom. The first-order chi connectivity index (χ1) is 34.3. The Labute approximate surface area is 501 Å². The van der Waals surface area contributed by atoms with E-state index in [0.29, 0.717) is 6.54 Å². The van der Waals surface area contributed by atoms with Crippen LogP contribution in [0, 0.1) is 0 Å². The van der Waals surface area contributed by atoms with Gasteiger partial charge in [-0.05, 0) is 82.6 Å². The molecular weight excluding hydrogens is 1000 g/mol. The van der Waals surface area contributed by atoms with Crippen LogP contribution in [0.4, 0.5) is 0 Å². The van der Waals surface area contributed by atoms with Crippen molar-refractivity contribution in [3.63, 3.8) is 0 Å². The van der Waals surface area contributed by atoms with Crippen molar-refractivity contribution in [1.29, 1.82) is 0 Å². The number of benzene rings is 1. The third kappa shape index (κ3) is 78.5. The maximum atomic E-state index is 5.35. The van der Waals surface area contributed by atoms with Crippen LogP contribution in [0.25, 0.3) is 0 Å². The highest BCUT2D eigenvalue weighted by molar-refractivity contribution is 5.85. The molecule has 0 bridgehead atoms. The van der Waals surface area contributed by atoms with E-state index < -0.39 is 0 Å². The molecule has 1 rings (SSSR count). The summed E-state index contributed by atoms with van der Waals surface area (Å²) < 4.78 is 3.72. The van der Waals surface area contributed by atoms with Gasteiger partial charge in [-0.2, -0.15) is 0 Å². The fourth-order valence-corrected chi connectivity index (χ4v) is 9.93. The Bertz CT molecular complexity index is 1070. The first-order valence-corrected chi connectivity index (χ1v) is 32.5. The van der Waals surface area contributed by atoms with E-state index in [1.54, 1.807) is 0 Å². The summed E-state index contributed by atoms with van der Waals surface area (Å²) in [6.45, 7) is 22.7. The van der Waals surface area contributed by atoms with Gasteiger partial charge in [-0.1, -0.05) is 264 Å². The standard InChI is InChI=1S/C22H48N.C20H44N.C18H40N.C7H9N.4ClH/c1-5-7-9-11-13-15-17-19-21-23(3,4)22-20-18-16-14-12-10-8-6-2;1-5-7-9-11-13-14-16-18-20-21(3,4)19-17-15-12-10-8-6-2;1-5-7-9-11-13-15-17-19(3,4)18-16-14-12-10-8-6-2;8-6-7-4-2-1-3-5-7;;;;/h5-22H2,1-4H3;5-20H2,1-4H3;5-18H2,1-4H3;1-5H,6,8H2;4*1H/q3*+1;;;;;/p-3. The Balaban J connectivity index is -0.000000168. The molecule has 0 aliphatic carbocycles. The summed E-state index contributed by atoms with van der Waals surface area (Å²) in [7, 11) is 14.5. The Hall–Kier alpha value is 0.220. The molecule has 1 aromatic carbocycles. The van der Waals surface area contributed by atoms with Gasteiger partial charge in [0.15, 0.2) is 0 Å². The number of nitrogens with two attached hydrogens (primary N) is 1. The highest BCUT2D eigenvalue weighted by Gasteiger charge is 2.15. The third-order valence-corrected chi connectivity index (χ3v) is 15.3. The third-order valence-electron chi connectivity index (χ3n) is 15.3. The van der Waals surface area contributed by atoms with Crippen LogP contribution in [-0.4, -0.2) is 95.0 Å². The van der Waals surface area contributed by atoms with Crippen LogP contribution in [0.15, 0.2) is 30.3 Å². The lowest BCUT2D eigenvalue weighted by Crippen LogP contribution is -3.00. The van der Waals surface area contributed by atoms with E-state index in [0.717, 1.165) is 0 Å². The van der Waals surface area contributed by atoms with Gasteiger partial charge >= 0.3 is 0 Å². The van der Waals surface area contributed by atoms with Gasteiger partial charge in [-0.15, -0.1) is 12.4 Å². The summed E-state index contributed by atoms with van der Waals surface area (Å²) in [6.07, 6.45) is 60.2. The van der Waals surface area contributed by atoms with Crippen molar-refractivity contribution in [1.82, 2.24) is 0 Å². The van der Waals surface area contributed by atoms with Crippen molar-refractivity contribution in [2.75, 3.05) is 81.6 Å². The fourth-order valence-electron chi connectivity index (χ4n) is 9.93. The molecule has 0 heterocycles. The van der Waals surface area contributed by atoms with Gasteiger partial charge in [0, 0.05) is 6.54 Å². The zero-order chi connectivity index (χ0) is 53.3. The van der Waals surface area contributed by atoms with Crippen molar-refractivity contribution in [2.24, 2.45) is 5.73 Å². The second-order valence-electron chi connectivity index (χ2n) is 24.6. The zero-order valence-corrected chi connectivity index (χ0v) is 56.6. The van der Waals surface area contributed by atoms with Crippen molar-refractivity contribution in [2.45, 2.75) is 318 Å². The molecular formula is C67H142Cl4N4. The van der Waals surface area contributed by atoms with Gasteiger partial charge in [0.2, 0.25) is 0 Å². The minimum Gasteiger partial charge on any atom is -1.00 e. The molecule has 0 radical (unpaired) electrons. The number of unbranched alkanes of at least 4 members (excludes halogenated alkanes) is 36. The summed E-state index contributed by atoms with van der Waals surface area (Å²) >= 11 is 0. The van der Waals surface area contributed by atoms with Crippen LogP contribution in [-0.2, 0) is 6.54 Å². The second kappa shape index (κ2) is 70.3. The van der Waals surface area contributed by atoms with Crippen molar-refractivity contribution in [3.8, 4) is 0 Å². The van der Waals surface area contributed by atoms with Crippen LogP contribution < -0.4 is 43.0 Å². The van der Waals surface area contributed by atoms with Crippen LogP contribution in [0.2, 0.25) is 0 Å². The van der Waals surface area contributed by atoms with Crippen LogP contribution in [0.3, 0.4) is 0 Å². The molecule has 0 aromatic heterocycles. The van der Waals surface area contributed by atoms with Gasteiger partial charge in [-0.25, -0.2) is 0 Å². The number of halogens is 4. The first-order valence-electron chi connectivity index (χ1n) is 32.5. The number of hydrogen-bond donors (Lipinski definition) is 1. The number of quaternary nitrogens is 3. The molecule has 0 aliphatic heterocycles. The molecule has 0 aliphatic rings. The molecule has 0 saturated carbocycles. The van der Waals surface area contributed by atoms with E-state index in [1.807, 2.05) is 30.3 Å². The van der Waals surface area contributed by atoms with Crippen LogP contribution in [0.5, 0.6) is 0 Å². The van der Waals surface area contributed by atoms with Gasteiger partial charge < -0.3 is 56.4 Å². The lowest BCUT2D eigenvalue weighted by atomic mass is 10.1. The van der Waals surface area contributed by atoms with E-state index in [2.05, 4.69) is 83.8 Å². The Morgan fingerprint density at radius 3 is 0.533 bits per heavy atom. The zero-order valence-electron chi connectivity index (χ0n) is 53.5. The molecule has 0 spiro atoms. The van der Waals surface area contributed by atoms with E-state index in [1.165, 1.54) is 328 Å². The van der Waals surface area contributed by atoms with Crippen molar-refractivity contribution < 1.29 is 50.7 Å². The van der Waals surface area contributed by atoms with E-state index in [-0.39, 0.29) is 49.6 Å². The number of rotatable bonds is 49. The quantitative estimate of drug-likeness (QED) is 0.0511. The fraction of sp³-hybridized carbons (Fsp3) is 0.910. The van der Waals surface area contributed by atoms with Gasteiger partial charge in [0.25, 0.3) is 0 Å². The molecule has 0 fully saturated rings. The second-order valence-corrected chi connectivity index (χ2v) is 24.6. The number of nitrogens with zero attached hydrogens (tertiary/aromatic N) is 3. The van der Waals surface area contributed by atoms with Gasteiger partial charge in [-0.3, -0.25) is 0 Å². The molecule has 8 heteroatoms. The highest BCUT2D eigenvalue weighted by Crippen LogP contribution is 2.16. The SMILES string of the molecule is CCCCCCCCCC[N+](C)(C)CCCCCCCC.CCCCCCCCCC[N+](C)(C)CCCCCCCCCC.CCCCCCCC[N+](C)(C)CCCCCCCC.Cl.NCc1ccccc1.[Cl-].[Cl-].[Cl-]. The monoisotopic (exact) mass is 1140 g/mol. The minimum atomic E-state index is 0. The molecule has 4 nitrogen and oxygen atoms in total. The summed E-state index contributed by atoms with van der Waals surface area (Å²) in [5.74, 6) is 0. The maximum absolute atomic E-state index is 5.35. The molecule has 1 aromatic rings. The van der Waals surface area contributed by atoms with Gasteiger partial charge in [0.1, 0.15) is 0 Å². The van der Waals surface area contributed by atoms with E-state index in [9.17, 15) is 0 Å². The molecule has 0 amide bonds. The summed E-state index contributed by atoms with van der Waals surface area (Å²) in [5.41, 5.74) is 6.54. The van der Waals surface area contributed by atoms with Crippen molar-refractivity contribution in [3.05, 3.63) is 35.9 Å². The lowest BCUT2D eigenvalue weighted by Gasteiger charge is -2.30. The highest BCUT2D eigenvalue weighted by atomic mass is 35.5. The Kier molecular flexibility index (Phi) is 83.5. The Morgan fingerprint density at radius 2 is 0.400 bits per heavy atom. The average Bonchev–Trinajstić information content (AvgIpc) is 3.35. The van der Waals surface area contributed by atoms with E-state index >= 15 is 0 Å². The van der Waals surface area contributed by atoms with E-state index in [4.69, 9.17) is 5.73 Å². The maximum Gasteiger partial charge on any atom is 0.0782 e. The molecule has 0 saturated heterocycles. The lowest BCUT2D eigenvalue weighted by molar-refractivity contribution is -0.890. The summed E-state index contributed by atoms with van der Waals surface area (Å²) in [6, 6.07) is 9.99. The molecule has 2 N–H and O–H groups in total. The van der Waals surface area contributed by atoms with Crippen molar-refractivity contribution >= 4 is 12.4 Å². The predicted octanol–water partition coefficient (Wildman–Crippen LogP) is 12.3. The van der Waals surface area contributed by atoms with Crippen LogP contribution in [0.1, 0.15) is 317 Å². The topological polar surface area (TPSA) is 26.0 Å². The minimum absolute atomic E-state index is 0. The smallest absolute Gasteiger partial charge is 0.0782 e. The molecule has 0 unspecified atom stereocenters. The van der Waals surface area contributed by atoms with Crippen LogP contribution >= 0.6 is 12.4 Å². The first kappa shape index (κ1) is 89.0. The normalized spacial score (nSPS) is 11.1. The molecule has 75 heavy (non-hydrogen) atoms. The summed E-state index contributed by atoms with van der Waals surface area (Å²) in [5, 5.41) is 0. The summed E-state index contributed by atoms with van der Waals surface area (Å²) in [4.78, 5) is 0.